The zero-order chi connectivity index (χ0) is 21.2. The van der Waals surface area contributed by atoms with E-state index in [2.05, 4.69) is 26.6 Å². The van der Waals surface area contributed by atoms with E-state index >= 15 is 0 Å². The Labute approximate surface area is 188 Å². The monoisotopic (exact) mass is 441 g/mol. The number of aromatic nitrogens is 3. The molecule has 166 valence electrons. The second-order valence-electron chi connectivity index (χ2n) is 8.90. The molecule has 2 aromatic rings. The molecule has 2 saturated heterocycles. The predicted molar refractivity (Wildman–Crippen MR) is 121 cm³/mol. The molecule has 3 aliphatic rings. The minimum Gasteiger partial charge on any atom is -0.378 e. The van der Waals surface area contributed by atoms with Gasteiger partial charge in [0.1, 0.15) is 5.25 Å². The SMILES string of the molecule is CC1CCN(c2nnc(S[C@H](C(=O)N3CCOCC3)c3ccccc3)n2C2CC2)CC1. The number of amides is 1. The van der Waals surface area contributed by atoms with Gasteiger partial charge in [0, 0.05) is 32.2 Å². The molecule has 0 radical (unpaired) electrons. The van der Waals surface area contributed by atoms with Crippen LogP contribution in [0.4, 0.5) is 5.95 Å². The third kappa shape index (κ3) is 4.60. The summed E-state index contributed by atoms with van der Waals surface area (Å²) in [5.74, 6) is 1.90. The van der Waals surface area contributed by atoms with Crippen LogP contribution in [-0.4, -0.2) is 65.0 Å². The van der Waals surface area contributed by atoms with Crippen LogP contribution in [0.15, 0.2) is 35.5 Å². The third-order valence-electron chi connectivity index (χ3n) is 6.50. The summed E-state index contributed by atoms with van der Waals surface area (Å²) in [6.45, 7) is 6.90. The molecule has 8 heteroatoms. The molecule has 1 amide bonds. The first-order valence-corrected chi connectivity index (χ1v) is 12.4. The zero-order valence-corrected chi connectivity index (χ0v) is 19.0. The third-order valence-corrected chi connectivity index (χ3v) is 7.70. The second-order valence-corrected chi connectivity index (χ2v) is 9.97. The van der Waals surface area contributed by atoms with Gasteiger partial charge < -0.3 is 14.5 Å². The van der Waals surface area contributed by atoms with Crippen molar-refractivity contribution >= 4 is 23.6 Å². The van der Waals surface area contributed by atoms with Gasteiger partial charge in [0.2, 0.25) is 11.9 Å². The van der Waals surface area contributed by atoms with Gasteiger partial charge in [-0.3, -0.25) is 9.36 Å². The minimum absolute atomic E-state index is 0.137. The summed E-state index contributed by atoms with van der Waals surface area (Å²) in [7, 11) is 0. The molecule has 3 fully saturated rings. The number of rotatable bonds is 6. The minimum atomic E-state index is -0.324. The van der Waals surface area contributed by atoms with Crippen molar-refractivity contribution in [3.8, 4) is 0 Å². The van der Waals surface area contributed by atoms with Crippen LogP contribution in [0.2, 0.25) is 0 Å². The number of carbonyl (C=O) groups is 1. The normalized spacial score (nSPS) is 21.3. The highest BCUT2D eigenvalue weighted by molar-refractivity contribution is 8.00. The van der Waals surface area contributed by atoms with Gasteiger partial charge >= 0.3 is 0 Å². The molecule has 2 aliphatic heterocycles. The smallest absolute Gasteiger partial charge is 0.240 e. The number of thioether (sulfide) groups is 1. The Balaban J connectivity index is 1.43. The Morgan fingerprint density at radius 2 is 1.74 bits per heavy atom. The van der Waals surface area contributed by atoms with Crippen molar-refractivity contribution in [3.63, 3.8) is 0 Å². The summed E-state index contributed by atoms with van der Waals surface area (Å²) in [5.41, 5.74) is 1.02. The largest absolute Gasteiger partial charge is 0.378 e. The maximum absolute atomic E-state index is 13.5. The fourth-order valence-corrected chi connectivity index (χ4v) is 5.56. The topological polar surface area (TPSA) is 63.5 Å². The van der Waals surface area contributed by atoms with Crippen LogP contribution in [0, 0.1) is 5.92 Å². The summed E-state index contributed by atoms with van der Waals surface area (Å²) < 4.78 is 7.77. The van der Waals surface area contributed by atoms with Crippen molar-refractivity contribution in [1.82, 2.24) is 19.7 Å². The molecule has 0 unspecified atom stereocenters. The first-order chi connectivity index (χ1) is 15.2. The number of hydrogen-bond acceptors (Lipinski definition) is 6. The van der Waals surface area contributed by atoms with Crippen LogP contribution in [0.1, 0.15) is 49.5 Å². The summed E-state index contributed by atoms with van der Waals surface area (Å²) in [6.07, 6.45) is 4.72. The molecule has 1 saturated carbocycles. The average molecular weight is 442 g/mol. The first-order valence-electron chi connectivity index (χ1n) is 11.5. The number of hydrogen-bond donors (Lipinski definition) is 0. The van der Waals surface area contributed by atoms with Crippen LogP contribution in [-0.2, 0) is 9.53 Å². The number of anilines is 1. The number of benzene rings is 1. The van der Waals surface area contributed by atoms with Crippen molar-refractivity contribution in [2.24, 2.45) is 5.92 Å². The van der Waals surface area contributed by atoms with E-state index in [1.165, 1.54) is 12.8 Å². The molecular weight excluding hydrogens is 410 g/mol. The van der Waals surface area contributed by atoms with Crippen molar-refractivity contribution in [2.75, 3.05) is 44.3 Å². The number of morpholine rings is 1. The van der Waals surface area contributed by atoms with E-state index in [9.17, 15) is 4.79 Å². The van der Waals surface area contributed by atoms with Crippen LogP contribution in [0.3, 0.4) is 0 Å². The van der Waals surface area contributed by atoms with Gasteiger partial charge in [0.05, 0.1) is 13.2 Å². The molecule has 0 N–H and O–H groups in total. The molecule has 7 nitrogen and oxygen atoms in total. The number of carbonyl (C=O) groups excluding carboxylic acids is 1. The van der Waals surface area contributed by atoms with Crippen LogP contribution < -0.4 is 4.90 Å². The Bertz CT molecular complexity index is 887. The summed E-state index contributed by atoms with van der Waals surface area (Å²) >= 11 is 1.55. The van der Waals surface area contributed by atoms with E-state index in [4.69, 9.17) is 4.74 Å². The Hall–Kier alpha value is -2.06. The van der Waals surface area contributed by atoms with Gasteiger partial charge in [-0.15, -0.1) is 10.2 Å². The van der Waals surface area contributed by atoms with Gasteiger partial charge in [0.25, 0.3) is 0 Å². The second kappa shape index (κ2) is 9.20. The highest BCUT2D eigenvalue weighted by Crippen LogP contribution is 2.45. The van der Waals surface area contributed by atoms with Crippen molar-refractivity contribution in [3.05, 3.63) is 35.9 Å². The molecule has 1 aromatic heterocycles. The summed E-state index contributed by atoms with van der Waals surface area (Å²) in [4.78, 5) is 17.8. The summed E-state index contributed by atoms with van der Waals surface area (Å²) in [5, 5.41) is 9.76. The fraction of sp³-hybridized carbons (Fsp3) is 0.609. The standard InChI is InChI=1S/C23H31N5O2S/c1-17-9-11-27(12-10-17)22-24-25-23(28(22)19-7-8-19)31-20(18-5-3-2-4-6-18)21(29)26-13-15-30-16-14-26/h2-6,17,19-20H,7-16H2,1H3/t20-/m0/s1. The lowest BCUT2D eigenvalue weighted by Gasteiger charge is -2.31. The predicted octanol–water partition coefficient (Wildman–Crippen LogP) is 3.54. The van der Waals surface area contributed by atoms with Gasteiger partial charge in [-0.2, -0.15) is 0 Å². The van der Waals surface area contributed by atoms with E-state index in [0.717, 1.165) is 48.5 Å². The van der Waals surface area contributed by atoms with Gasteiger partial charge in [-0.25, -0.2) is 0 Å². The molecule has 0 spiro atoms. The number of piperidine rings is 1. The average Bonchev–Trinajstić information content (AvgIpc) is 3.58. The van der Waals surface area contributed by atoms with Crippen molar-refractivity contribution < 1.29 is 9.53 Å². The van der Waals surface area contributed by atoms with Gasteiger partial charge in [-0.05, 0) is 37.2 Å². The van der Waals surface area contributed by atoms with E-state index in [1.54, 1.807) is 11.8 Å². The molecule has 0 bridgehead atoms. The Morgan fingerprint density at radius 1 is 1.03 bits per heavy atom. The quantitative estimate of drug-likeness (QED) is 0.639. The Morgan fingerprint density at radius 3 is 2.42 bits per heavy atom. The van der Waals surface area contributed by atoms with Crippen LogP contribution in [0.5, 0.6) is 0 Å². The molecule has 5 rings (SSSR count). The first kappa shape index (κ1) is 20.8. The highest BCUT2D eigenvalue weighted by atomic mass is 32.2. The molecule has 1 aromatic carbocycles. The van der Waals surface area contributed by atoms with E-state index in [0.29, 0.717) is 32.3 Å². The summed E-state index contributed by atoms with van der Waals surface area (Å²) in [6, 6.07) is 10.5. The lowest BCUT2D eigenvalue weighted by Crippen LogP contribution is -2.42. The maximum atomic E-state index is 13.5. The van der Waals surface area contributed by atoms with E-state index < -0.39 is 0 Å². The molecule has 3 heterocycles. The highest BCUT2D eigenvalue weighted by Gasteiger charge is 2.36. The van der Waals surface area contributed by atoms with E-state index in [-0.39, 0.29) is 11.2 Å². The lowest BCUT2D eigenvalue weighted by molar-refractivity contribution is -0.134. The molecule has 1 aliphatic carbocycles. The zero-order valence-electron chi connectivity index (χ0n) is 18.2. The number of ether oxygens (including phenoxy) is 1. The Kier molecular flexibility index (Phi) is 6.18. The van der Waals surface area contributed by atoms with Crippen LogP contribution in [0.25, 0.3) is 0 Å². The van der Waals surface area contributed by atoms with Crippen molar-refractivity contribution in [2.45, 2.75) is 49.1 Å². The van der Waals surface area contributed by atoms with Crippen molar-refractivity contribution in [1.29, 1.82) is 0 Å². The van der Waals surface area contributed by atoms with Gasteiger partial charge in [0.15, 0.2) is 5.16 Å². The lowest BCUT2D eigenvalue weighted by atomic mass is 10.00. The molecular formula is C23H31N5O2S. The fourth-order valence-electron chi connectivity index (χ4n) is 4.37. The number of nitrogens with zero attached hydrogens (tertiary/aromatic N) is 5. The van der Waals surface area contributed by atoms with Crippen LogP contribution >= 0.6 is 11.8 Å². The molecule has 31 heavy (non-hydrogen) atoms. The maximum Gasteiger partial charge on any atom is 0.240 e. The molecule has 1 atom stereocenters. The van der Waals surface area contributed by atoms with E-state index in [1.807, 2.05) is 35.2 Å². The van der Waals surface area contributed by atoms with Gasteiger partial charge in [-0.1, -0.05) is 49.0 Å².